The van der Waals surface area contributed by atoms with Gasteiger partial charge in [-0.15, -0.1) is 10.2 Å². The molecule has 1 N–H and O–H groups in total. The van der Waals surface area contributed by atoms with Gasteiger partial charge in [-0.3, -0.25) is 4.79 Å². The van der Waals surface area contributed by atoms with E-state index in [2.05, 4.69) is 22.4 Å². The monoisotopic (exact) mass is 287 g/mol. The number of carbonyl (C=O) groups excluding carboxylic acids is 1. The first-order chi connectivity index (χ1) is 9.72. The molecule has 0 spiro atoms. The lowest BCUT2D eigenvalue weighted by molar-refractivity contribution is -0.116. The molecule has 1 aliphatic rings. The molecule has 1 aromatic carbocycles. The first-order valence-electron chi connectivity index (χ1n) is 6.90. The summed E-state index contributed by atoms with van der Waals surface area (Å²) in [6, 6.07) is 10.1. The first-order valence-corrected chi connectivity index (χ1v) is 7.72. The number of anilines is 1. The number of hydrogen-bond acceptors (Lipinski definition) is 4. The minimum absolute atomic E-state index is 0.000139. The maximum Gasteiger partial charge on any atom is 0.226 e. The van der Waals surface area contributed by atoms with Crippen molar-refractivity contribution in [2.45, 2.75) is 38.0 Å². The fraction of sp³-hybridized carbons (Fsp3) is 0.400. The number of amides is 1. The smallest absolute Gasteiger partial charge is 0.226 e. The number of hydrogen-bond donors (Lipinski definition) is 1. The number of aromatic nitrogens is 2. The van der Waals surface area contributed by atoms with Gasteiger partial charge in [0.15, 0.2) is 0 Å². The largest absolute Gasteiger partial charge is 0.301 e. The van der Waals surface area contributed by atoms with Crippen LogP contribution in [0.3, 0.4) is 0 Å². The van der Waals surface area contributed by atoms with Crippen molar-refractivity contribution in [3.63, 3.8) is 0 Å². The Kier molecular flexibility index (Phi) is 3.78. The maximum absolute atomic E-state index is 12.0. The van der Waals surface area contributed by atoms with Crippen molar-refractivity contribution in [2.75, 3.05) is 5.32 Å². The summed E-state index contributed by atoms with van der Waals surface area (Å²) in [6.45, 7) is 2.06. The summed E-state index contributed by atoms with van der Waals surface area (Å²) < 4.78 is 0. The molecule has 2 aromatic rings. The zero-order chi connectivity index (χ0) is 13.9. The van der Waals surface area contributed by atoms with Crippen LogP contribution in [0.4, 0.5) is 5.13 Å². The summed E-state index contributed by atoms with van der Waals surface area (Å²) in [5.74, 6) is 0.785. The average Bonchev–Trinajstić information content (AvgIpc) is 3.20. The minimum Gasteiger partial charge on any atom is -0.301 e. The van der Waals surface area contributed by atoms with E-state index in [0.717, 1.165) is 5.01 Å². The molecule has 1 unspecified atom stereocenters. The highest BCUT2D eigenvalue weighted by atomic mass is 32.1. The van der Waals surface area contributed by atoms with Crippen LogP contribution >= 0.6 is 11.3 Å². The standard InChI is InChI=1S/C15H17N3OS/c1-10(11-5-3-2-4-6-11)9-13(19)16-15-18-17-14(20-15)12-7-8-12/h2-6,10,12H,7-9H2,1H3,(H,16,18,19). The van der Waals surface area contributed by atoms with Gasteiger partial charge in [0.2, 0.25) is 11.0 Å². The molecule has 5 heteroatoms. The van der Waals surface area contributed by atoms with Gasteiger partial charge in [0, 0.05) is 12.3 Å². The zero-order valence-electron chi connectivity index (χ0n) is 11.4. The number of rotatable bonds is 5. The van der Waals surface area contributed by atoms with Crippen LogP contribution in [0.5, 0.6) is 0 Å². The van der Waals surface area contributed by atoms with E-state index in [0.29, 0.717) is 17.5 Å². The predicted octanol–water partition coefficient (Wildman–Crippen LogP) is 3.55. The van der Waals surface area contributed by atoms with Crippen LogP contribution in [0.2, 0.25) is 0 Å². The third-order valence-electron chi connectivity index (χ3n) is 3.47. The van der Waals surface area contributed by atoms with Crippen molar-refractivity contribution < 1.29 is 4.79 Å². The number of nitrogens with one attached hydrogen (secondary N) is 1. The molecule has 1 saturated carbocycles. The van der Waals surface area contributed by atoms with Gasteiger partial charge in [-0.2, -0.15) is 0 Å². The molecule has 1 fully saturated rings. The summed E-state index contributed by atoms with van der Waals surface area (Å²) in [4.78, 5) is 12.0. The zero-order valence-corrected chi connectivity index (χ0v) is 12.2. The van der Waals surface area contributed by atoms with Crippen molar-refractivity contribution in [1.82, 2.24) is 10.2 Å². The lowest BCUT2D eigenvalue weighted by Gasteiger charge is -2.10. The summed E-state index contributed by atoms with van der Waals surface area (Å²) in [5, 5.41) is 12.7. The average molecular weight is 287 g/mol. The Labute approximate surface area is 122 Å². The Balaban J connectivity index is 1.56. The van der Waals surface area contributed by atoms with Crippen molar-refractivity contribution in [3.05, 3.63) is 40.9 Å². The Morgan fingerprint density at radius 1 is 1.35 bits per heavy atom. The van der Waals surface area contributed by atoms with Crippen LogP contribution in [-0.4, -0.2) is 16.1 Å². The lowest BCUT2D eigenvalue weighted by Crippen LogP contribution is -2.14. The Bertz CT molecular complexity index is 592. The fourth-order valence-electron chi connectivity index (χ4n) is 2.13. The third-order valence-corrected chi connectivity index (χ3v) is 4.47. The van der Waals surface area contributed by atoms with Gasteiger partial charge in [-0.05, 0) is 24.3 Å². The van der Waals surface area contributed by atoms with Gasteiger partial charge < -0.3 is 5.32 Å². The van der Waals surface area contributed by atoms with E-state index in [1.807, 2.05) is 30.3 Å². The number of benzene rings is 1. The highest BCUT2D eigenvalue weighted by Crippen LogP contribution is 2.42. The van der Waals surface area contributed by atoms with E-state index in [1.54, 1.807) is 0 Å². The summed E-state index contributed by atoms with van der Waals surface area (Å²) in [5.41, 5.74) is 1.18. The second-order valence-electron chi connectivity index (χ2n) is 5.28. The molecule has 104 valence electrons. The van der Waals surface area contributed by atoms with Crippen LogP contribution in [0.25, 0.3) is 0 Å². The molecule has 1 heterocycles. The van der Waals surface area contributed by atoms with Gasteiger partial charge in [0.05, 0.1) is 0 Å². The molecule has 1 aromatic heterocycles. The highest BCUT2D eigenvalue weighted by Gasteiger charge is 2.27. The van der Waals surface area contributed by atoms with E-state index < -0.39 is 0 Å². The molecule has 1 atom stereocenters. The van der Waals surface area contributed by atoms with Crippen molar-refractivity contribution in [3.8, 4) is 0 Å². The SMILES string of the molecule is CC(CC(=O)Nc1nnc(C2CC2)s1)c1ccccc1. The van der Waals surface area contributed by atoms with Crippen LogP contribution in [-0.2, 0) is 4.79 Å². The molecular weight excluding hydrogens is 270 g/mol. The van der Waals surface area contributed by atoms with Crippen LogP contribution in [0, 0.1) is 0 Å². The summed E-state index contributed by atoms with van der Waals surface area (Å²) in [6.07, 6.45) is 2.86. The van der Waals surface area contributed by atoms with Gasteiger partial charge in [-0.25, -0.2) is 0 Å². The molecule has 20 heavy (non-hydrogen) atoms. The van der Waals surface area contributed by atoms with E-state index >= 15 is 0 Å². The lowest BCUT2D eigenvalue weighted by atomic mass is 9.98. The van der Waals surface area contributed by atoms with E-state index in [-0.39, 0.29) is 11.8 Å². The molecule has 0 bridgehead atoms. The fourth-order valence-corrected chi connectivity index (χ4v) is 3.06. The summed E-state index contributed by atoms with van der Waals surface area (Å²) >= 11 is 1.50. The molecule has 3 rings (SSSR count). The molecule has 1 aliphatic carbocycles. The van der Waals surface area contributed by atoms with E-state index in [4.69, 9.17) is 0 Å². The van der Waals surface area contributed by atoms with Gasteiger partial charge in [0.1, 0.15) is 5.01 Å². The quantitative estimate of drug-likeness (QED) is 0.915. The van der Waals surface area contributed by atoms with Crippen molar-refractivity contribution in [2.24, 2.45) is 0 Å². The van der Waals surface area contributed by atoms with Crippen molar-refractivity contribution in [1.29, 1.82) is 0 Å². The van der Waals surface area contributed by atoms with Crippen LogP contribution in [0.1, 0.15) is 48.6 Å². The summed E-state index contributed by atoms with van der Waals surface area (Å²) in [7, 11) is 0. The second kappa shape index (κ2) is 5.71. The molecule has 1 amide bonds. The second-order valence-corrected chi connectivity index (χ2v) is 6.29. The van der Waals surface area contributed by atoms with Gasteiger partial charge >= 0.3 is 0 Å². The number of nitrogens with zero attached hydrogens (tertiary/aromatic N) is 2. The molecule has 0 radical (unpaired) electrons. The van der Waals surface area contributed by atoms with E-state index in [9.17, 15) is 4.79 Å². The van der Waals surface area contributed by atoms with E-state index in [1.165, 1.54) is 29.7 Å². The first kappa shape index (κ1) is 13.2. The van der Waals surface area contributed by atoms with Crippen LogP contribution in [0.15, 0.2) is 30.3 Å². The molecular formula is C15H17N3OS. The minimum atomic E-state index is -0.000139. The Morgan fingerprint density at radius 3 is 2.80 bits per heavy atom. The van der Waals surface area contributed by atoms with Gasteiger partial charge in [-0.1, -0.05) is 48.6 Å². The number of carbonyl (C=O) groups is 1. The molecule has 0 aliphatic heterocycles. The third kappa shape index (κ3) is 3.22. The topological polar surface area (TPSA) is 54.9 Å². The van der Waals surface area contributed by atoms with Gasteiger partial charge in [0.25, 0.3) is 0 Å². The molecule has 4 nitrogen and oxygen atoms in total. The normalized spacial score (nSPS) is 15.8. The highest BCUT2D eigenvalue weighted by molar-refractivity contribution is 7.15. The Morgan fingerprint density at radius 2 is 2.10 bits per heavy atom. The molecule has 0 saturated heterocycles. The van der Waals surface area contributed by atoms with Crippen LogP contribution < -0.4 is 5.32 Å². The van der Waals surface area contributed by atoms with Crippen molar-refractivity contribution >= 4 is 22.4 Å². The predicted molar refractivity (Wildman–Crippen MR) is 80.0 cm³/mol. The maximum atomic E-state index is 12.0. The Hall–Kier alpha value is -1.75.